The van der Waals surface area contributed by atoms with Crippen LogP contribution in [-0.4, -0.2) is 39.6 Å². The van der Waals surface area contributed by atoms with E-state index >= 15 is 0 Å². The lowest BCUT2D eigenvalue weighted by atomic mass is 10.1. The SMILES string of the molecule is CC(=O)Nc1cc(CNCc2cnn(-c3ccccc3)c2)cc(C(=O)N2CCCC2)c1. The largest absolute Gasteiger partial charge is 0.339 e. The fourth-order valence-corrected chi connectivity index (χ4v) is 3.82. The van der Waals surface area contributed by atoms with Crippen LogP contribution in [0.5, 0.6) is 0 Å². The number of rotatable bonds is 7. The molecule has 7 heteroatoms. The van der Waals surface area contributed by atoms with Crippen molar-refractivity contribution in [2.24, 2.45) is 0 Å². The summed E-state index contributed by atoms with van der Waals surface area (Å²) in [5.41, 5.74) is 4.29. The lowest BCUT2D eigenvalue weighted by molar-refractivity contribution is -0.114. The number of para-hydroxylation sites is 1. The minimum absolute atomic E-state index is 0.0232. The van der Waals surface area contributed by atoms with Crippen molar-refractivity contribution < 1.29 is 9.59 Å². The molecule has 2 amide bonds. The Morgan fingerprint density at radius 1 is 1.00 bits per heavy atom. The summed E-state index contributed by atoms with van der Waals surface area (Å²) in [5, 5.41) is 10.6. The van der Waals surface area contributed by atoms with Gasteiger partial charge in [-0.3, -0.25) is 9.59 Å². The van der Waals surface area contributed by atoms with Crippen LogP contribution in [0.1, 0.15) is 41.3 Å². The Kier molecular flexibility index (Phi) is 6.43. The predicted octanol–water partition coefficient (Wildman–Crippen LogP) is 3.36. The number of nitrogens with one attached hydrogen (secondary N) is 2. The van der Waals surface area contributed by atoms with Crippen LogP contribution >= 0.6 is 0 Å². The zero-order valence-electron chi connectivity index (χ0n) is 17.7. The first kappa shape index (κ1) is 20.8. The van der Waals surface area contributed by atoms with E-state index in [1.54, 1.807) is 6.07 Å². The molecule has 2 heterocycles. The van der Waals surface area contributed by atoms with Gasteiger partial charge in [0.15, 0.2) is 0 Å². The summed E-state index contributed by atoms with van der Waals surface area (Å²) >= 11 is 0. The maximum atomic E-state index is 12.9. The Bertz CT molecular complexity index is 1050. The predicted molar refractivity (Wildman–Crippen MR) is 120 cm³/mol. The Balaban J connectivity index is 1.43. The first-order chi connectivity index (χ1) is 15.1. The Labute approximate surface area is 182 Å². The third kappa shape index (κ3) is 5.38. The van der Waals surface area contributed by atoms with Crippen LogP contribution in [0.3, 0.4) is 0 Å². The smallest absolute Gasteiger partial charge is 0.253 e. The molecule has 2 aromatic carbocycles. The molecule has 0 unspecified atom stereocenters. The summed E-state index contributed by atoms with van der Waals surface area (Å²) in [7, 11) is 0. The molecule has 3 aromatic rings. The number of benzene rings is 2. The maximum absolute atomic E-state index is 12.9. The average molecular weight is 418 g/mol. The number of carbonyl (C=O) groups is 2. The molecule has 1 saturated heterocycles. The quantitative estimate of drug-likeness (QED) is 0.618. The molecule has 0 bridgehead atoms. The van der Waals surface area contributed by atoms with Crippen molar-refractivity contribution in [3.63, 3.8) is 0 Å². The lowest BCUT2D eigenvalue weighted by Crippen LogP contribution is -2.28. The molecule has 1 aliphatic heterocycles. The number of nitrogens with zero attached hydrogens (tertiary/aromatic N) is 3. The molecule has 0 radical (unpaired) electrons. The van der Waals surface area contributed by atoms with Gasteiger partial charge in [-0.05, 0) is 48.7 Å². The molecule has 7 nitrogen and oxygen atoms in total. The standard InChI is InChI=1S/C24H27N5O2/c1-18(30)27-22-12-19(11-21(13-22)24(31)28-9-5-6-10-28)14-25-15-20-16-26-29(17-20)23-7-3-2-4-8-23/h2-4,7-8,11-13,16-17,25H,5-6,9-10,14-15H2,1H3,(H,27,30). The number of anilines is 1. The first-order valence-electron chi connectivity index (χ1n) is 10.6. The second-order valence-electron chi connectivity index (χ2n) is 7.83. The summed E-state index contributed by atoms with van der Waals surface area (Å²) in [5.74, 6) is -0.131. The highest BCUT2D eigenvalue weighted by Crippen LogP contribution is 2.19. The van der Waals surface area contributed by atoms with Crippen molar-refractivity contribution in [1.29, 1.82) is 0 Å². The Morgan fingerprint density at radius 3 is 2.48 bits per heavy atom. The fourth-order valence-electron chi connectivity index (χ4n) is 3.82. The third-order valence-electron chi connectivity index (χ3n) is 5.27. The van der Waals surface area contributed by atoms with E-state index in [-0.39, 0.29) is 11.8 Å². The van der Waals surface area contributed by atoms with Crippen LogP contribution in [0.25, 0.3) is 5.69 Å². The van der Waals surface area contributed by atoms with E-state index in [9.17, 15) is 9.59 Å². The normalized spacial score (nSPS) is 13.4. The number of amides is 2. The monoisotopic (exact) mass is 417 g/mol. The van der Waals surface area contributed by atoms with Gasteiger partial charge in [-0.2, -0.15) is 5.10 Å². The summed E-state index contributed by atoms with van der Waals surface area (Å²) < 4.78 is 1.85. The highest BCUT2D eigenvalue weighted by atomic mass is 16.2. The molecule has 1 aliphatic rings. The Morgan fingerprint density at radius 2 is 1.74 bits per heavy atom. The molecule has 0 spiro atoms. The highest BCUT2D eigenvalue weighted by Gasteiger charge is 2.20. The zero-order valence-corrected chi connectivity index (χ0v) is 17.7. The van der Waals surface area contributed by atoms with Crippen molar-refractivity contribution in [3.8, 4) is 5.69 Å². The van der Waals surface area contributed by atoms with Gasteiger partial charge in [0.2, 0.25) is 5.91 Å². The van der Waals surface area contributed by atoms with Crippen molar-refractivity contribution >= 4 is 17.5 Å². The van der Waals surface area contributed by atoms with E-state index in [4.69, 9.17) is 0 Å². The van der Waals surface area contributed by atoms with E-state index in [1.807, 2.05) is 64.4 Å². The molecular formula is C24H27N5O2. The number of likely N-dealkylation sites (tertiary alicyclic amines) is 1. The van der Waals surface area contributed by atoms with Crippen LogP contribution in [0.15, 0.2) is 60.9 Å². The number of aromatic nitrogens is 2. The van der Waals surface area contributed by atoms with Gasteiger partial charge in [-0.1, -0.05) is 18.2 Å². The molecule has 0 aliphatic carbocycles. The molecule has 1 fully saturated rings. The van der Waals surface area contributed by atoms with E-state index in [0.29, 0.717) is 24.3 Å². The van der Waals surface area contributed by atoms with Gasteiger partial charge in [0.05, 0.1) is 11.9 Å². The molecule has 1 aromatic heterocycles. The molecule has 31 heavy (non-hydrogen) atoms. The zero-order chi connectivity index (χ0) is 21.6. The summed E-state index contributed by atoms with van der Waals surface area (Å²) in [6.07, 6.45) is 5.93. The van der Waals surface area contributed by atoms with Crippen LogP contribution in [0.4, 0.5) is 5.69 Å². The summed E-state index contributed by atoms with van der Waals surface area (Å²) in [6, 6.07) is 15.5. The van der Waals surface area contributed by atoms with Gasteiger partial charge in [-0.15, -0.1) is 0 Å². The van der Waals surface area contributed by atoms with Gasteiger partial charge >= 0.3 is 0 Å². The number of carbonyl (C=O) groups excluding carboxylic acids is 2. The molecule has 0 saturated carbocycles. The van der Waals surface area contributed by atoms with Crippen molar-refractivity contribution in [2.45, 2.75) is 32.9 Å². The second kappa shape index (κ2) is 9.57. The average Bonchev–Trinajstić information content (AvgIpc) is 3.46. The minimum atomic E-state index is -0.155. The van der Waals surface area contributed by atoms with Crippen LogP contribution < -0.4 is 10.6 Å². The lowest BCUT2D eigenvalue weighted by Gasteiger charge is -2.17. The van der Waals surface area contributed by atoms with Crippen molar-refractivity contribution in [3.05, 3.63) is 77.6 Å². The number of hydrogen-bond acceptors (Lipinski definition) is 4. The molecule has 4 rings (SSSR count). The summed E-state index contributed by atoms with van der Waals surface area (Å²) in [4.78, 5) is 26.3. The van der Waals surface area contributed by atoms with Gasteiger partial charge in [-0.25, -0.2) is 4.68 Å². The minimum Gasteiger partial charge on any atom is -0.339 e. The van der Waals surface area contributed by atoms with Crippen LogP contribution in [0.2, 0.25) is 0 Å². The van der Waals surface area contributed by atoms with Crippen molar-refractivity contribution in [2.75, 3.05) is 18.4 Å². The molecular weight excluding hydrogens is 390 g/mol. The van der Waals surface area contributed by atoms with E-state index < -0.39 is 0 Å². The van der Waals surface area contributed by atoms with Gasteiger partial charge < -0.3 is 15.5 Å². The van der Waals surface area contributed by atoms with E-state index in [2.05, 4.69) is 15.7 Å². The fraction of sp³-hybridized carbons (Fsp3) is 0.292. The second-order valence-corrected chi connectivity index (χ2v) is 7.83. The van der Waals surface area contributed by atoms with Gasteiger partial charge in [0, 0.05) is 56.1 Å². The maximum Gasteiger partial charge on any atom is 0.253 e. The first-order valence-corrected chi connectivity index (χ1v) is 10.6. The molecule has 160 valence electrons. The van der Waals surface area contributed by atoms with E-state index in [1.165, 1.54) is 6.92 Å². The number of hydrogen-bond donors (Lipinski definition) is 2. The molecule has 0 atom stereocenters. The van der Waals surface area contributed by atoms with Crippen LogP contribution in [0, 0.1) is 0 Å². The van der Waals surface area contributed by atoms with Crippen LogP contribution in [-0.2, 0) is 17.9 Å². The van der Waals surface area contributed by atoms with Gasteiger partial charge in [0.25, 0.3) is 5.91 Å². The van der Waals surface area contributed by atoms with Crippen molar-refractivity contribution in [1.82, 2.24) is 20.0 Å². The third-order valence-corrected chi connectivity index (χ3v) is 5.27. The van der Waals surface area contributed by atoms with E-state index in [0.717, 1.165) is 42.7 Å². The van der Waals surface area contributed by atoms with Gasteiger partial charge in [0.1, 0.15) is 0 Å². The highest BCUT2D eigenvalue weighted by molar-refractivity contribution is 5.97. The Hall–Kier alpha value is -3.45. The topological polar surface area (TPSA) is 79.3 Å². The summed E-state index contributed by atoms with van der Waals surface area (Å²) in [6.45, 7) is 4.28. The molecule has 2 N–H and O–H groups in total.